The maximum atomic E-state index is 5.68. The Morgan fingerprint density at radius 1 is 1.60 bits per heavy atom. The summed E-state index contributed by atoms with van der Waals surface area (Å²) in [4.78, 5) is 0. The highest BCUT2D eigenvalue weighted by atomic mass is 35.5. The van der Waals surface area contributed by atoms with Crippen LogP contribution < -0.4 is 5.73 Å². The van der Waals surface area contributed by atoms with Crippen molar-refractivity contribution in [2.24, 2.45) is 5.73 Å². The molecular formula is C7H14ClNS. The third-order valence-electron chi connectivity index (χ3n) is 2.11. The highest BCUT2D eigenvalue weighted by Gasteiger charge is 2.32. The number of nitrogens with two attached hydrogens (primary N) is 1. The van der Waals surface area contributed by atoms with Crippen molar-refractivity contribution in [3.63, 3.8) is 0 Å². The minimum atomic E-state index is 0.349. The van der Waals surface area contributed by atoms with Gasteiger partial charge in [-0.1, -0.05) is 0 Å². The van der Waals surface area contributed by atoms with Gasteiger partial charge < -0.3 is 5.73 Å². The molecule has 60 valence electrons. The zero-order valence-electron chi connectivity index (χ0n) is 6.11. The lowest BCUT2D eigenvalue weighted by atomic mass is 10.0. The summed E-state index contributed by atoms with van der Waals surface area (Å²) in [7, 11) is 0. The molecule has 0 amide bonds. The van der Waals surface area contributed by atoms with E-state index in [0.29, 0.717) is 4.75 Å². The molecule has 0 aromatic rings. The lowest BCUT2D eigenvalue weighted by Crippen LogP contribution is -2.32. The second-order valence-corrected chi connectivity index (χ2v) is 4.72. The van der Waals surface area contributed by atoms with Crippen LogP contribution in [0.1, 0.15) is 19.3 Å². The van der Waals surface area contributed by atoms with Gasteiger partial charge in [0.05, 0.1) is 0 Å². The van der Waals surface area contributed by atoms with E-state index >= 15 is 0 Å². The van der Waals surface area contributed by atoms with Crippen LogP contribution in [0.5, 0.6) is 0 Å². The predicted molar refractivity (Wildman–Crippen MR) is 48.8 cm³/mol. The van der Waals surface area contributed by atoms with E-state index in [4.69, 9.17) is 17.3 Å². The molecule has 0 bridgehead atoms. The summed E-state index contributed by atoms with van der Waals surface area (Å²) < 4.78 is 0.349. The Labute approximate surface area is 71.7 Å². The van der Waals surface area contributed by atoms with E-state index < -0.39 is 0 Å². The van der Waals surface area contributed by atoms with Crippen molar-refractivity contribution in [2.45, 2.75) is 24.0 Å². The summed E-state index contributed by atoms with van der Waals surface area (Å²) in [5.41, 5.74) is 5.68. The van der Waals surface area contributed by atoms with Gasteiger partial charge in [0.15, 0.2) is 0 Å². The third-order valence-corrected chi connectivity index (χ3v) is 3.98. The van der Waals surface area contributed by atoms with Crippen molar-refractivity contribution in [3.8, 4) is 0 Å². The molecule has 1 aliphatic rings. The van der Waals surface area contributed by atoms with Gasteiger partial charge in [-0.2, -0.15) is 11.8 Å². The molecule has 0 radical (unpaired) electrons. The average Bonchev–Trinajstić information content (AvgIpc) is 2.39. The second kappa shape index (κ2) is 3.84. The molecule has 1 atom stereocenters. The Balaban J connectivity index is 2.41. The smallest absolute Gasteiger partial charge is 0.0293 e. The Hall–Kier alpha value is 0.600. The molecule has 1 nitrogen and oxygen atoms in total. The van der Waals surface area contributed by atoms with Crippen molar-refractivity contribution < 1.29 is 0 Å². The molecule has 0 spiro atoms. The number of hydrogen-bond acceptors (Lipinski definition) is 2. The highest BCUT2D eigenvalue weighted by Crippen LogP contribution is 2.40. The van der Waals surface area contributed by atoms with E-state index in [0.717, 1.165) is 18.8 Å². The van der Waals surface area contributed by atoms with E-state index in [1.54, 1.807) is 0 Å². The van der Waals surface area contributed by atoms with Crippen LogP contribution in [0.3, 0.4) is 0 Å². The van der Waals surface area contributed by atoms with Crippen LogP contribution >= 0.6 is 23.4 Å². The molecule has 1 aliphatic heterocycles. The fraction of sp³-hybridized carbons (Fsp3) is 1.00. The van der Waals surface area contributed by atoms with Crippen LogP contribution in [0.25, 0.3) is 0 Å². The van der Waals surface area contributed by atoms with E-state index in [9.17, 15) is 0 Å². The number of rotatable bonds is 3. The first-order valence-corrected chi connectivity index (χ1v) is 5.25. The minimum absolute atomic E-state index is 0.349. The zero-order valence-corrected chi connectivity index (χ0v) is 7.68. The molecule has 1 rings (SSSR count). The molecule has 0 saturated carbocycles. The van der Waals surface area contributed by atoms with Gasteiger partial charge in [0, 0.05) is 17.2 Å². The lowest BCUT2D eigenvalue weighted by molar-refractivity contribution is 0.554. The fourth-order valence-electron chi connectivity index (χ4n) is 1.39. The summed E-state index contributed by atoms with van der Waals surface area (Å²) in [5, 5.41) is 0. The normalized spacial score (nSPS) is 33.0. The van der Waals surface area contributed by atoms with Crippen LogP contribution in [0.2, 0.25) is 0 Å². The largest absolute Gasteiger partial charge is 0.329 e. The standard InChI is InChI=1S/C7H14ClNS/c8-4-3-7(6-9)2-1-5-10-7/h1-6,9H2. The van der Waals surface area contributed by atoms with E-state index in [1.165, 1.54) is 18.6 Å². The topological polar surface area (TPSA) is 26.0 Å². The van der Waals surface area contributed by atoms with Crippen molar-refractivity contribution in [3.05, 3.63) is 0 Å². The minimum Gasteiger partial charge on any atom is -0.329 e. The third kappa shape index (κ3) is 1.80. The SMILES string of the molecule is NCC1(CCCl)CCCS1. The van der Waals surface area contributed by atoms with Gasteiger partial charge in [0.1, 0.15) is 0 Å². The van der Waals surface area contributed by atoms with Crippen LogP contribution in [0, 0.1) is 0 Å². The number of thioether (sulfide) groups is 1. The molecule has 1 unspecified atom stereocenters. The molecule has 0 aromatic heterocycles. The molecule has 1 heterocycles. The highest BCUT2D eigenvalue weighted by molar-refractivity contribution is 8.00. The average molecular weight is 180 g/mol. The van der Waals surface area contributed by atoms with Crippen molar-refractivity contribution >= 4 is 23.4 Å². The Morgan fingerprint density at radius 3 is 2.80 bits per heavy atom. The van der Waals surface area contributed by atoms with Crippen molar-refractivity contribution in [1.29, 1.82) is 0 Å². The molecule has 1 saturated heterocycles. The molecule has 0 aromatic carbocycles. The summed E-state index contributed by atoms with van der Waals surface area (Å²) >= 11 is 7.69. The molecule has 1 fully saturated rings. The van der Waals surface area contributed by atoms with E-state index in [2.05, 4.69) is 0 Å². The Morgan fingerprint density at radius 2 is 2.40 bits per heavy atom. The van der Waals surface area contributed by atoms with E-state index in [1.807, 2.05) is 11.8 Å². The van der Waals surface area contributed by atoms with Crippen LogP contribution in [-0.4, -0.2) is 22.9 Å². The number of alkyl halides is 1. The number of halogens is 1. The summed E-state index contributed by atoms with van der Waals surface area (Å²) in [5.74, 6) is 2.03. The first-order chi connectivity index (χ1) is 4.83. The molecule has 3 heteroatoms. The predicted octanol–water partition coefficient (Wildman–Crippen LogP) is 1.84. The Kier molecular flexibility index (Phi) is 3.34. The first-order valence-electron chi connectivity index (χ1n) is 3.73. The molecular weight excluding hydrogens is 166 g/mol. The monoisotopic (exact) mass is 179 g/mol. The van der Waals surface area contributed by atoms with Crippen molar-refractivity contribution in [2.75, 3.05) is 18.2 Å². The van der Waals surface area contributed by atoms with Gasteiger partial charge in [-0.3, -0.25) is 0 Å². The van der Waals surface area contributed by atoms with Crippen molar-refractivity contribution in [1.82, 2.24) is 0 Å². The summed E-state index contributed by atoms with van der Waals surface area (Å²) in [6.07, 6.45) is 3.66. The zero-order chi connectivity index (χ0) is 7.45. The summed E-state index contributed by atoms with van der Waals surface area (Å²) in [6.45, 7) is 0.796. The molecule has 2 N–H and O–H groups in total. The van der Waals surface area contributed by atoms with Gasteiger partial charge in [-0.25, -0.2) is 0 Å². The van der Waals surface area contributed by atoms with Crippen LogP contribution in [0.4, 0.5) is 0 Å². The molecule has 0 aliphatic carbocycles. The first kappa shape index (κ1) is 8.69. The quantitative estimate of drug-likeness (QED) is 0.670. The van der Waals surface area contributed by atoms with Gasteiger partial charge in [0.2, 0.25) is 0 Å². The Bertz CT molecular complexity index is 102. The molecule has 10 heavy (non-hydrogen) atoms. The van der Waals surface area contributed by atoms with Gasteiger partial charge in [-0.15, -0.1) is 11.6 Å². The van der Waals surface area contributed by atoms with E-state index in [-0.39, 0.29) is 0 Å². The number of hydrogen-bond donors (Lipinski definition) is 1. The second-order valence-electron chi connectivity index (χ2n) is 2.78. The summed E-state index contributed by atoms with van der Waals surface area (Å²) in [6, 6.07) is 0. The van der Waals surface area contributed by atoms with Crippen LogP contribution in [-0.2, 0) is 0 Å². The maximum absolute atomic E-state index is 5.68. The lowest BCUT2D eigenvalue weighted by Gasteiger charge is -2.24. The van der Waals surface area contributed by atoms with Gasteiger partial charge in [0.25, 0.3) is 0 Å². The maximum Gasteiger partial charge on any atom is 0.0293 e. The van der Waals surface area contributed by atoms with Crippen LogP contribution in [0.15, 0.2) is 0 Å². The van der Waals surface area contributed by atoms with Gasteiger partial charge >= 0.3 is 0 Å². The van der Waals surface area contributed by atoms with Gasteiger partial charge in [-0.05, 0) is 25.0 Å². The fourth-order valence-corrected chi connectivity index (χ4v) is 3.24.